The van der Waals surface area contributed by atoms with E-state index in [1.807, 2.05) is 29.2 Å². The molecule has 0 aliphatic carbocycles. The van der Waals surface area contributed by atoms with E-state index in [1.165, 1.54) is 0 Å². The Kier molecular flexibility index (Phi) is 6.80. The second kappa shape index (κ2) is 9.08. The molecule has 1 atom stereocenters. The lowest BCUT2D eigenvalue weighted by atomic mass is 10.1. The molecule has 0 saturated carbocycles. The van der Waals surface area contributed by atoms with Gasteiger partial charge in [0.25, 0.3) is 5.92 Å². The number of halogens is 2. The van der Waals surface area contributed by atoms with Gasteiger partial charge >= 0.3 is 0 Å². The maximum absolute atomic E-state index is 13.2. The predicted molar refractivity (Wildman–Crippen MR) is 94.7 cm³/mol. The minimum Gasteiger partial charge on any atom is -0.491 e. The SMILES string of the molecule is OC(COc1cccc(CN2CCC(F)(F)CC2)c1)CN1CCOCC1. The number of hydrogen-bond donors (Lipinski definition) is 1. The number of morpholine rings is 1. The summed E-state index contributed by atoms with van der Waals surface area (Å²) in [6.45, 7) is 5.36. The van der Waals surface area contributed by atoms with Crippen molar-refractivity contribution in [2.24, 2.45) is 0 Å². The maximum Gasteiger partial charge on any atom is 0.250 e. The summed E-state index contributed by atoms with van der Waals surface area (Å²) < 4.78 is 37.5. The van der Waals surface area contributed by atoms with Gasteiger partial charge in [-0.15, -0.1) is 0 Å². The predicted octanol–water partition coefficient (Wildman–Crippen LogP) is 1.99. The zero-order chi connectivity index (χ0) is 18.4. The number of ether oxygens (including phenoxy) is 2. The van der Waals surface area contributed by atoms with Crippen molar-refractivity contribution >= 4 is 0 Å². The van der Waals surface area contributed by atoms with Gasteiger partial charge in [0, 0.05) is 52.1 Å². The molecule has 7 heteroatoms. The van der Waals surface area contributed by atoms with E-state index in [1.54, 1.807) is 0 Å². The minimum absolute atomic E-state index is 0.0725. The number of alkyl halides is 2. The van der Waals surface area contributed by atoms with Crippen molar-refractivity contribution in [3.05, 3.63) is 29.8 Å². The van der Waals surface area contributed by atoms with Crippen molar-refractivity contribution in [2.75, 3.05) is 52.5 Å². The number of hydrogen-bond acceptors (Lipinski definition) is 5. The molecule has 2 fully saturated rings. The van der Waals surface area contributed by atoms with Gasteiger partial charge in [-0.1, -0.05) is 12.1 Å². The van der Waals surface area contributed by atoms with E-state index >= 15 is 0 Å². The summed E-state index contributed by atoms with van der Waals surface area (Å²) in [6, 6.07) is 7.66. The Morgan fingerprint density at radius 3 is 2.58 bits per heavy atom. The normalized spacial score (nSPS) is 22.9. The van der Waals surface area contributed by atoms with Crippen LogP contribution < -0.4 is 4.74 Å². The van der Waals surface area contributed by atoms with Gasteiger partial charge in [-0.3, -0.25) is 9.80 Å². The van der Waals surface area contributed by atoms with Crippen LogP contribution in [0.25, 0.3) is 0 Å². The van der Waals surface area contributed by atoms with Gasteiger partial charge in [-0.25, -0.2) is 8.78 Å². The monoisotopic (exact) mass is 370 g/mol. The Morgan fingerprint density at radius 2 is 1.85 bits per heavy atom. The van der Waals surface area contributed by atoms with Gasteiger partial charge in [-0.2, -0.15) is 0 Å². The van der Waals surface area contributed by atoms with Crippen molar-refractivity contribution in [1.29, 1.82) is 0 Å². The number of likely N-dealkylation sites (tertiary alicyclic amines) is 1. The van der Waals surface area contributed by atoms with Crippen LogP contribution in [0.2, 0.25) is 0 Å². The first-order valence-electron chi connectivity index (χ1n) is 9.30. The van der Waals surface area contributed by atoms with Crippen LogP contribution in [-0.4, -0.2) is 79.5 Å². The molecule has 1 aromatic carbocycles. The summed E-state index contributed by atoms with van der Waals surface area (Å²) in [5.41, 5.74) is 1.04. The van der Waals surface area contributed by atoms with Gasteiger partial charge in [-0.05, 0) is 17.7 Å². The van der Waals surface area contributed by atoms with Crippen LogP contribution in [0, 0.1) is 0 Å². The van der Waals surface area contributed by atoms with Gasteiger partial charge in [0.05, 0.1) is 13.2 Å². The van der Waals surface area contributed by atoms with Crippen LogP contribution in [0.4, 0.5) is 8.78 Å². The number of rotatable bonds is 7. The van der Waals surface area contributed by atoms with E-state index in [2.05, 4.69) is 4.90 Å². The van der Waals surface area contributed by atoms with E-state index in [0.29, 0.717) is 45.1 Å². The van der Waals surface area contributed by atoms with Gasteiger partial charge in [0.2, 0.25) is 0 Å². The second-order valence-electron chi connectivity index (χ2n) is 7.16. The highest BCUT2D eigenvalue weighted by molar-refractivity contribution is 5.28. The molecule has 26 heavy (non-hydrogen) atoms. The van der Waals surface area contributed by atoms with Crippen LogP contribution in [0.1, 0.15) is 18.4 Å². The number of nitrogens with zero attached hydrogens (tertiary/aromatic N) is 2. The molecule has 3 rings (SSSR count). The third-order valence-electron chi connectivity index (χ3n) is 4.91. The van der Waals surface area contributed by atoms with E-state index in [0.717, 1.165) is 18.7 Å². The number of aliphatic hydroxyl groups excluding tert-OH is 1. The average molecular weight is 370 g/mol. The van der Waals surface area contributed by atoms with Crippen LogP contribution in [0.3, 0.4) is 0 Å². The van der Waals surface area contributed by atoms with Crippen LogP contribution in [-0.2, 0) is 11.3 Å². The molecule has 0 bridgehead atoms. The standard InChI is InChI=1S/C19H28F2N2O3/c20-19(21)4-6-22(7-5-19)13-16-2-1-3-18(12-16)26-15-17(24)14-23-8-10-25-11-9-23/h1-3,12,17,24H,4-11,13-15H2. The van der Waals surface area contributed by atoms with Gasteiger partial charge in [0.1, 0.15) is 18.5 Å². The Morgan fingerprint density at radius 1 is 1.12 bits per heavy atom. The van der Waals surface area contributed by atoms with Crippen molar-refractivity contribution < 1.29 is 23.4 Å². The fourth-order valence-corrected chi connectivity index (χ4v) is 3.36. The summed E-state index contributed by atoms with van der Waals surface area (Å²) in [4.78, 5) is 4.21. The smallest absolute Gasteiger partial charge is 0.250 e. The summed E-state index contributed by atoms with van der Waals surface area (Å²) in [5.74, 6) is -1.82. The largest absolute Gasteiger partial charge is 0.491 e. The third kappa shape index (κ3) is 6.16. The molecule has 0 aromatic heterocycles. The lowest BCUT2D eigenvalue weighted by Gasteiger charge is -2.31. The third-order valence-corrected chi connectivity index (χ3v) is 4.91. The first-order valence-corrected chi connectivity index (χ1v) is 9.30. The number of β-amino-alcohol motifs (C(OH)–C–C–N with tert-alkyl or cyclic N) is 1. The molecule has 2 heterocycles. The molecular weight excluding hydrogens is 342 g/mol. The molecule has 2 saturated heterocycles. The summed E-state index contributed by atoms with van der Waals surface area (Å²) in [6.07, 6.45) is -0.700. The molecule has 146 valence electrons. The first-order chi connectivity index (χ1) is 12.5. The zero-order valence-electron chi connectivity index (χ0n) is 15.1. The van der Waals surface area contributed by atoms with Crippen LogP contribution in [0.5, 0.6) is 5.75 Å². The van der Waals surface area contributed by atoms with Gasteiger partial charge < -0.3 is 14.6 Å². The molecule has 1 unspecified atom stereocenters. The first kappa shape index (κ1) is 19.5. The molecular formula is C19H28F2N2O3. The van der Waals surface area contributed by atoms with Crippen LogP contribution in [0.15, 0.2) is 24.3 Å². The summed E-state index contributed by atoms with van der Waals surface area (Å²) in [5, 5.41) is 10.2. The Bertz CT molecular complexity index is 557. The van der Waals surface area contributed by atoms with Crippen molar-refractivity contribution in [2.45, 2.75) is 31.4 Å². The molecule has 1 aromatic rings. The fourth-order valence-electron chi connectivity index (χ4n) is 3.36. The molecule has 5 nitrogen and oxygen atoms in total. The fraction of sp³-hybridized carbons (Fsp3) is 0.684. The highest BCUT2D eigenvalue weighted by Crippen LogP contribution is 2.28. The molecule has 2 aliphatic rings. The Hall–Kier alpha value is -1.28. The summed E-state index contributed by atoms with van der Waals surface area (Å²) in [7, 11) is 0. The lowest BCUT2D eigenvalue weighted by molar-refractivity contribution is -0.0566. The van der Waals surface area contributed by atoms with Crippen molar-refractivity contribution in [3.63, 3.8) is 0 Å². The quantitative estimate of drug-likeness (QED) is 0.795. The van der Waals surface area contributed by atoms with E-state index in [9.17, 15) is 13.9 Å². The minimum atomic E-state index is -2.52. The number of aliphatic hydroxyl groups is 1. The second-order valence-corrected chi connectivity index (χ2v) is 7.16. The highest BCUT2D eigenvalue weighted by atomic mass is 19.3. The lowest BCUT2D eigenvalue weighted by Crippen LogP contribution is -2.42. The topological polar surface area (TPSA) is 45.2 Å². The number of piperidine rings is 1. The zero-order valence-corrected chi connectivity index (χ0v) is 15.1. The van der Waals surface area contributed by atoms with Crippen molar-refractivity contribution in [1.82, 2.24) is 9.80 Å². The molecule has 0 radical (unpaired) electrons. The maximum atomic E-state index is 13.2. The van der Waals surface area contributed by atoms with E-state index < -0.39 is 12.0 Å². The average Bonchev–Trinajstić information content (AvgIpc) is 2.63. The van der Waals surface area contributed by atoms with Gasteiger partial charge in [0.15, 0.2) is 0 Å². The number of benzene rings is 1. The molecule has 1 N–H and O–H groups in total. The van der Waals surface area contributed by atoms with Crippen LogP contribution >= 0.6 is 0 Å². The van der Waals surface area contributed by atoms with E-state index in [-0.39, 0.29) is 19.4 Å². The Labute approximate surface area is 153 Å². The van der Waals surface area contributed by atoms with E-state index in [4.69, 9.17) is 9.47 Å². The highest BCUT2D eigenvalue weighted by Gasteiger charge is 2.33. The summed E-state index contributed by atoms with van der Waals surface area (Å²) >= 11 is 0. The Balaban J connectivity index is 1.43. The molecule has 0 spiro atoms. The molecule has 0 amide bonds. The van der Waals surface area contributed by atoms with Crippen molar-refractivity contribution in [3.8, 4) is 5.75 Å². The molecule has 2 aliphatic heterocycles.